The number of hydrogen-bond acceptors (Lipinski definition) is 6. The number of nitrogens with one attached hydrogen (secondary N) is 1. The molecule has 1 fully saturated rings. The topological polar surface area (TPSA) is 102 Å². The van der Waals surface area contributed by atoms with Crippen molar-refractivity contribution in [1.82, 2.24) is 9.73 Å². The molecule has 0 spiro atoms. The molecule has 2 N–H and O–H groups in total. The van der Waals surface area contributed by atoms with Gasteiger partial charge in [-0.15, -0.1) is 0 Å². The van der Waals surface area contributed by atoms with E-state index in [1.54, 1.807) is 18.2 Å². The Morgan fingerprint density at radius 1 is 1.16 bits per heavy atom. The smallest absolute Gasteiger partial charge is 0.271 e. The van der Waals surface area contributed by atoms with Crippen LogP contribution in [0.2, 0.25) is 0 Å². The van der Waals surface area contributed by atoms with E-state index in [9.17, 15) is 18.3 Å². The molecule has 3 rings (SSSR count). The first kappa shape index (κ1) is 22.8. The fraction of sp³-hybridized carbons (Fsp3) is 0.364. The molecule has 31 heavy (non-hydrogen) atoms. The zero-order valence-corrected chi connectivity index (χ0v) is 18.6. The SMILES string of the molecule is CCN(CC)c1ccc(/C=N\NC(=O)c2cccc(S(=O)(=O)N3CCCC3)c2)c(O)c1. The van der Waals surface area contributed by atoms with Crippen molar-refractivity contribution < 1.29 is 18.3 Å². The third kappa shape index (κ3) is 5.23. The molecule has 1 saturated heterocycles. The molecule has 0 atom stereocenters. The largest absolute Gasteiger partial charge is 0.507 e. The number of sulfonamides is 1. The van der Waals surface area contributed by atoms with Crippen molar-refractivity contribution in [3.63, 3.8) is 0 Å². The number of aromatic hydroxyl groups is 1. The molecule has 0 saturated carbocycles. The average Bonchev–Trinajstić information content (AvgIpc) is 3.32. The second kappa shape index (κ2) is 9.93. The van der Waals surface area contributed by atoms with E-state index >= 15 is 0 Å². The number of carbonyl (C=O) groups is 1. The minimum absolute atomic E-state index is 0.0566. The zero-order valence-electron chi connectivity index (χ0n) is 17.8. The molecule has 0 unspecified atom stereocenters. The van der Waals surface area contributed by atoms with Gasteiger partial charge in [0.25, 0.3) is 5.91 Å². The van der Waals surface area contributed by atoms with Crippen molar-refractivity contribution in [2.45, 2.75) is 31.6 Å². The van der Waals surface area contributed by atoms with E-state index < -0.39 is 15.9 Å². The number of nitrogens with zero attached hydrogens (tertiary/aromatic N) is 3. The maximum atomic E-state index is 12.7. The lowest BCUT2D eigenvalue weighted by atomic mass is 10.2. The van der Waals surface area contributed by atoms with Crippen LogP contribution in [0.25, 0.3) is 0 Å². The van der Waals surface area contributed by atoms with Crippen LogP contribution in [0.15, 0.2) is 52.5 Å². The standard InChI is InChI=1S/C22H28N4O4S/c1-3-25(4-2)19-11-10-18(21(27)15-19)16-23-24-22(28)17-8-7-9-20(14-17)31(29,30)26-12-5-6-13-26/h7-11,14-16,27H,3-6,12-13H2,1-2H3,(H,24,28)/b23-16-. The Labute approximate surface area is 183 Å². The molecule has 1 aliphatic heterocycles. The van der Waals surface area contributed by atoms with Gasteiger partial charge >= 0.3 is 0 Å². The van der Waals surface area contributed by atoms with Crippen molar-refractivity contribution in [3.8, 4) is 5.75 Å². The van der Waals surface area contributed by atoms with Crippen molar-refractivity contribution >= 4 is 27.8 Å². The lowest BCUT2D eigenvalue weighted by Crippen LogP contribution is -2.28. The number of phenolic OH excluding ortho intramolecular Hbond substituents is 1. The molecule has 1 aliphatic rings. The van der Waals surface area contributed by atoms with Gasteiger partial charge in [0.2, 0.25) is 10.0 Å². The molecular weight excluding hydrogens is 416 g/mol. The Morgan fingerprint density at radius 2 is 1.87 bits per heavy atom. The first-order valence-corrected chi connectivity index (χ1v) is 11.8. The molecule has 0 aromatic heterocycles. The molecule has 0 aliphatic carbocycles. The highest BCUT2D eigenvalue weighted by Crippen LogP contribution is 2.24. The Kier molecular flexibility index (Phi) is 7.29. The summed E-state index contributed by atoms with van der Waals surface area (Å²) in [5.74, 6) is -0.477. The highest BCUT2D eigenvalue weighted by molar-refractivity contribution is 7.89. The Morgan fingerprint density at radius 3 is 2.52 bits per heavy atom. The molecule has 1 heterocycles. The summed E-state index contributed by atoms with van der Waals surface area (Å²) in [5.41, 5.74) is 3.94. The van der Waals surface area contributed by atoms with Crippen LogP contribution in [0.3, 0.4) is 0 Å². The van der Waals surface area contributed by atoms with Gasteiger partial charge in [-0.25, -0.2) is 13.8 Å². The summed E-state index contributed by atoms with van der Waals surface area (Å²) in [4.78, 5) is 14.6. The molecule has 0 bridgehead atoms. The Hall–Kier alpha value is -2.91. The normalized spacial score (nSPS) is 14.8. The number of anilines is 1. The van der Waals surface area contributed by atoms with Gasteiger partial charge in [-0.05, 0) is 57.0 Å². The average molecular weight is 445 g/mol. The third-order valence-electron chi connectivity index (χ3n) is 5.31. The molecule has 166 valence electrons. The molecular formula is C22H28N4O4S. The van der Waals surface area contributed by atoms with Crippen molar-refractivity contribution in [3.05, 3.63) is 53.6 Å². The highest BCUT2D eigenvalue weighted by atomic mass is 32.2. The number of hydrazone groups is 1. The minimum atomic E-state index is -3.60. The Bertz CT molecular complexity index is 1060. The number of phenols is 1. The van der Waals surface area contributed by atoms with Crippen LogP contribution >= 0.6 is 0 Å². The molecule has 9 heteroatoms. The second-order valence-corrected chi connectivity index (χ2v) is 9.19. The second-order valence-electron chi connectivity index (χ2n) is 7.25. The van der Waals surface area contributed by atoms with E-state index in [2.05, 4.69) is 15.4 Å². The van der Waals surface area contributed by atoms with Crippen LogP contribution in [0, 0.1) is 0 Å². The minimum Gasteiger partial charge on any atom is -0.507 e. The van der Waals surface area contributed by atoms with Crippen LogP contribution in [-0.4, -0.2) is 56.1 Å². The molecule has 1 amide bonds. The molecule has 0 radical (unpaired) electrons. The lowest BCUT2D eigenvalue weighted by Gasteiger charge is -2.21. The predicted octanol–water partition coefficient (Wildman–Crippen LogP) is 2.79. The quantitative estimate of drug-likeness (QED) is 0.482. The summed E-state index contributed by atoms with van der Waals surface area (Å²) in [5, 5.41) is 14.1. The highest BCUT2D eigenvalue weighted by Gasteiger charge is 2.27. The van der Waals surface area contributed by atoms with Gasteiger partial charge < -0.3 is 10.0 Å². The van der Waals surface area contributed by atoms with E-state index in [1.165, 1.54) is 28.7 Å². The van der Waals surface area contributed by atoms with E-state index in [0.717, 1.165) is 31.6 Å². The van der Waals surface area contributed by atoms with Gasteiger partial charge in [0.1, 0.15) is 5.75 Å². The van der Waals surface area contributed by atoms with Crippen LogP contribution in [0.4, 0.5) is 5.69 Å². The summed E-state index contributed by atoms with van der Waals surface area (Å²) >= 11 is 0. The van der Waals surface area contributed by atoms with Crippen LogP contribution in [0.5, 0.6) is 5.75 Å². The van der Waals surface area contributed by atoms with Gasteiger partial charge in [0.05, 0.1) is 11.1 Å². The first-order valence-electron chi connectivity index (χ1n) is 10.4. The maximum absolute atomic E-state index is 12.7. The number of hydrogen-bond donors (Lipinski definition) is 2. The summed E-state index contributed by atoms with van der Waals surface area (Å²) in [6.07, 6.45) is 3.04. The zero-order chi connectivity index (χ0) is 22.4. The van der Waals surface area contributed by atoms with E-state index in [0.29, 0.717) is 18.7 Å². The van der Waals surface area contributed by atoms with E-state index in [-0.39, 0.29) is 16.2 Å². The van der Waals surface area contributed by atoms with E-state index in [1.807, 2.05) is 19.9 Å². The first-order chi connectivity index (χ1) is 14.9. The van der Waals surface area contributed by atoms with Crippen LogP contribution < -0.4 is 10.3 Å². The number of amides is 1. The summed E-state index contributed by atoms with van der Waals surface area (Å²) in [6, 6.07) is 11.2. The number of benzene rings is 2. The van der Waals surface area contributed by atoms with Crippen molar-refractivity contribution in [2.24, 2.45) is 5.10 Å². The van der Waals surface area contributed by atoms with Gasteiger partial charge in [0.15, 0.2) is 0 Å². The fourth-order valence-corrected chi connectivity index (χ4v) is 5.09. The Balaban J connectivity index is 1.69. The fourth-order valence-electron chi connectivity index (χ4n) is 3.53. The predicted molar refractivity (Wildman–Crippen MR) is 121 cm³/mol. The van der Waals surface area contributed by atoms with Gasteiger partial charge in [-0.1, -0.05) is 6.07 Å². The van der Waals surface area contributed by atoms with Gasteiger partial charge in [0, 0.05) is 49.1 Å². The number of rotatable bonds is 8. The van der Waals surface area contributed by atoms with Crippen LogP contribution in [0.1, 0.15) is 42.6 Å². The number of carbonyl (C=O) groups excluding carboxylic acids is 1. The molecule has 8 nitrogen and oxygen atoms in total. The lowest BCUT2D eigenvalue weighted by molar-refractivity contribution is 0.0955. The third-order valence-corrected chi connectivity index (χ3v) is 7.21. The summed E-state index contributed by atoms with van der Waals surface area (Å²) in [6.45, 7) is 6.73. The van der Waals surface area contributed by atoms with Crippen molar-refractivity contribution in [1.29, 1.82) is 0 Å². The summed E-state index contributed by atoms with van der Waals surface area (Å²) in [7, 11) is -3.60. The molecule has 2 aromatic rings. The molecule has 2 aromatic carbocycles. The van der Waals surface area contributed by atoms with Crippen LogP contribution in [-0.2, 0) is 10.0 Å². The summed E-state index contributed by atoms with van der Waals surface area (Å²) < 4.78 is 26.8. The monoisotopic (exact) mass is 444 g/mol. The van der Waals surface area contributed by atoms with Gasteiger partial charge in [-0.3, -0.25) is 4.79 Å². The van der Waals surface area contributed by atoms with Gasteiger partial charge in [-0.2, -0.15) is 9.41 Å². The van der Waals surface area contributed by atoms with E-state index in [4.69, 9.17) is 0 Å². The maximum Gasteiger partial charge on any atom is 0.271 e. The van der Waals surface area contributed by atoms with Crippen molar-refractivity contribution in [2.75, 3.05) is 31.1 Å².